The van der Waals surface area contributed by atoms with Crippen molar-refractivity contribution in [3.63, 3.8) is 0 Å². The maximum Gasteiger partial charge on any atom is 0.358 e. The highest BCUT2D eigenvalue weighted by molar-refractivity contribution is 5.71. The summed E-state index contributed by atoms with van der Waals surface area (Å²) in [6, 6.07) is 0. The molecule has 0 fully saturated rings. The smallest absolute Gasteiger partial charge is 0.0966 e. The third-order valence-corrected chi connectivity index (χ3v) is 0.174. The third kappa shape index (κ3) is 3.32. The van der Waals surface area contributed by atoms with Gasteiger partial charge in [0.05, 0.1) is 0 Å². The highest BCUT2D eigenvalue weighted by Crippen LogP contribution is 1.71. The van der Waals surface area contributed by atoms with Crippen LogP contribution in [-0.4, -0.2) is 6.29 Å². The first-order chi connectivity index (χ1) is 2.27. The Bertz CT molecular complexity index is 54.7. The summed E-state index contributed by atoms with van der Waals surface area (Å²) in [7, 11) is 0. The molecule has 26 valence electrons. The van der Waals surface area contributed by atoms with E-state index in [4.69, 9.17) is 0 Å². The summed E-state index contributed by atoms with van der Waals surface area (Å²) in [5, 5.41) is 0. The summed E-state index contributed by atoms with van der Waals surface area (Å²) in [5.41, 5.74) is 0.449. The molecule has 5 heavy (non-hydrogen) atoms. The average molecular weight is 69.1 g/mol. The number of allylic oxidation sites excluding steroid dienone is 1. The SMILES string of the molecule is C=C(C)[C+]=O. The van der Waals surface area contributed by atoms with Crippen LogP contribution in [0.4, 0.5) is 0 Å². The molecule has 1 nitrogen and oxygen atoms in total. The highest BCUT2D eigenvalue weighted by atomic mass is 16.1. The lowest BCUT2D eigenvalue weighted by atomic mass is 10.4. The van der Waals surface area contributed by atoms with Gasteiger partial charge < -0.3 is 0 Å². The molecular formula is C4H5O+. The molecule has 0 heterocycles. The van der Waals surface area contributed by atoms with Crippen molar-refractivity contribution in [2.75, 3.05) is 0 Å². The van der Waals surface area contributed by atoms with Crippen LogP contribution < -0.4 is 0 Å². The van der Waals surface area contributed by atoms with Crippen LogP contribution >= 0.6 is 0 Å². The Balaban J connectivity index is 3.20. The van der Waals surface area contributed by atoms with Crippen molar-refractivity contribution in [2.24, 2.45) is 0 Å². The van der Waals surface area contributed by atoms with Gasteiger partial charge in [-0.25, -0.2) is 0 Å². The molecule has 0 aromatic rings. The molecule has 0 N–H and O–H groups in total. The fraction of sp³-hybridized carbons (Fsp3) is 0.250. The van der Waals surface area contributed by atoms with Crippen LogP contribution in [0, 0.1) is 0 Å². The van der Waals surface area contributed by atoms with Gasteiger partial charge in [0.1, 0.15) is 0 Å². The van der Waals surface area contributed by atoms with Crippen LogP contribution in [0.1, 0.15) is 6.92 Å². The monoisotopic (exact) mass is 69.0 g/mol. The Hall–Kier alpha value is -0.680. The Morgan fingerprint density at radius 1 is 2.00 bits per heavy atom. The molecule has 0 spiro atoms. The molecule has 0 aromatic carbocycles. The number of carbonyl (C=O) groups excluding carboxylic acids is 1. The molecule has 0 bridgehead atoms. The minimum absolute atomic E-state index is 0.449. The number of hydrogen-bond donors (Lipinski definition) is 0. The molecule has 0 atom stereocenters. The van der Waals surface area contributed by atoms with Crippen LogP contribution in [0.25, 0.3) is 0 Å². The second kappa shape index (κ2) is 1.62. The molecule has 0 radical (unpaired) electrons. The molecule has 0 aliphatic rings. The van der Waals surface area contributed by atoms with Crippen LogP contribution in [0.15, 0.2) is 12.2 Å². The molecule has 0 unspecified atom stereocenters. The fourth-order valence-corrected chi connectivity index (χ4v) is 0. The summed E-state index contributed by atoms with van der Waals surface area (Å²) in [5.74, 6) is 0. The topological polar surface area (TPSA) is 17.1 Å². The van der Waals surface area contributed by atoms with Crippen LogP contribution in [0.2, 0.25) is 0 Å². The Morgan fingerprint density at radius 2 is 2.20 bits per heavy atom. The molecule has 0 amide bonds. The lowest BCUT2D eigenvalue weighted by molar-refractivity contribution is 0.562. The molecule has 0 saturated heterocycles. The van der Waals surface area contributed by atoms with Gasteiger partial charge in [0.2, 0.25) is 5.57 Å². The van der Waals surface area contributed by atoms with E-state index >= 15 is 0 Å². The van der Waals surface area contributed by atoms with E-state index in [1.807, 2.05) is 0 Å². The predicted molar refractivity (Wildman–Crippen MR) is 20.5 cm³/mol. The summed E-state index contributed by atoms with van der Waals surface area (Å²) in [6.45, 7) is 4.85. The quantitative estimate of drug-likeness (QED) is 0.326. The zero-order chi connectivity index (χ0) is 4.28. The Morgan fingerprint density at radius 3 is 2.20 bits per heavy atom. The van der Waals surface area contributed by atoms with E-state index in [-0.39, 0.29) is 0 Å². The lowest BCUT2D eigenvalue weighted by Crippen LogP contribution is -1.64. The Kier molecular flexibility index (Phi) is 1.40. The van der Waals surface area contributed by atoms with Gasteiger partial charge in [-0.15, -0.1) is 0 Å². The molecular weight excluding hydrogens is 64.0 g/mol. The molecule has 0 aliphatic carbocycles. The average Bonchev–Trinajstić information content (AvgIpc) is 1.38. The first-order valence-corrected chi connectivity index (χ1v) is 1.31. The largest absolute Gasteiger partial charge is 0.358 e. The van der Waals surface area contributed by atoms with E-state index in [0.29, 0.717) is 5.57 Å². The van der Waals surface area contributed by atoms with Gasteiger partial charge in [-0.1, -0.05) is 4.79 Å². The lowest BCUT2D eigenvalue weighted by Gasteiger charge is -1.47. The van der Waals surface area contributed by atoms with Crippen molar-refractivity contribution in [3.8, 4) is 0 Å². The molecule has 0 rings (SSSR count). The zero-order valence-corrected chi connectivity index (χ0v) is 3.12. The van der Waals surface area contributed by atoms with Crippen molar-refractivity contribution >= 4 is 6.29 Å². The fourth-order valence-electron chi connectivity index (χ4n) is 0. The normalized spacial score (nSPS) is 5.80. The van der Waals surface area contributed by atoms with Gasteiger partial charge >= 0.3 is 6.29 Å². The van der Waals surface area contributed by atoms with E-state index in [1.165, 1.54) is 0 Å². The van der Waals surface area contributed by atoms with Crippen molar-refractivity contribution in [1.29, 1.82) is 0 Å². The second-order valence-corrected chi connectivity index (χ2v) is 0.882. The zero-order valence-electron chi connectivity index (χ0n) is 3.12. The summed E-state index contributed by atoms with van der Waals surface area (Å²) in [6.07, 6.45) is 1.58. The minimum atomic E-state index is 0.449. The Labute approximate surface area is 31.3 Å². The van der Waals surface area contributed by atoms with E-state index in [2.05, 4.69) is 6.58 Å². The molecule has 0 aliphatic heterocycles. The van der Waals surface area contributed by atoms with Gasteiger partial charge in [-0.05, 0) is 0 Å². The standard InChI is InChI=1S/C4H5O/c1-4(2)3-5/h1H2,2H3/q+1. The van der Waals surface area contributed by atoms with E-state index in [1.54, 1.807) is 13.2 Å². The van der Waals surface area contributed by atoms with Crippen LogP contribution in [-0.2, 0) is 4.79 Å². The van der Waals surface area contributed by atoms with Crippen molar-refractivity contribution < 1.29 is 4.79 Å². The summed E-state index contributed by atoms with van der Waals surface area (Å²) < 4.78 is 0. The third-order valence-electron chi connectivity index (χ3n) is 0.174. The molecule has 0 saturated carbocycles. The maximum absolute atomic E-state index is 9.28. The van der Waals surface area contributed by atoms with Crippen molar-refractivity contribution in [2.45, 2.75) is 6.92 Å². The number of rotatable bonds is 1. The van der Waals surface area contributed by atoms with Gasteiger partial charge in [0, 0.05) is 13.5 Å². The van der Waals surface area contributed by atoms with Gasteiger partial charge in [0.25, 0.3) is 0 Å². The van der Waals surface area contributed by atoms with Gasteiger partial charge in [-0.3, -0.25) is 0 Å². The van der Waals surface area contributed by atoms with E-state index in [9.17, 15) is 4.79 Å². The van der Waals surface area contributed by atoms with Crippen LogP contribution in [0.3, 0.4) is 0 Å². The maximum atomic E-state index is 9.28. The number of hydrogen-bond acceptors (Lipinski definition) is 1. The van der Waals surface area contributed by atoms with E-state index < -0.39 is 0 Å². The van der Waals surface area contributed by atoms with Crippen LogP contribution in [0.5, 0.6) is 0 Å². The summed E-state index contributed by atoms with van der Waals surface area (Å²) >= 11 is 0. The van der Waals surface area contributed by atoms with Crippen molar-refractivity contribution in [3.05, 3.63) is 12.2 Å². The minimum Gasteiger partial charge on any atom is -0.0966 e. The van der Waals surface area contributed by atoms with Crippen molar-refractivity contribution in [1.82, 2.24) is 0 Å². The van der Waals surface area contributed by atoms with E-state index in [0.717, 1.165) is 0 Å². The molecule has 1 heteroatoms. The highest BCUT2D eigenvalue weighted by Gasteiger charge is 1.85. The van der Waals surface area contributed by atoms with Gasteiger partial charge in [0.15, 0.2) is 0 Å². The first kappa shape index (κ1) is 4.32. The predicted octanol–water partition coefficient (Wildman–Crippen LogP) is 0.672. The van der Waals surface area contributed by atoms with Gasteiger partial charge in [-0.2, -0.15) is 0 Å². The second-order valence-electron chi connectivity index (χ2n) is 0.882. The molecule has 0 aromatic heterocycles. The summed E-state index contributed by atoms with van der Waals surface area (Å²) in [4.78, 5) is 9.28. The first-order valence-electron chi connectivity index (χ1n) is 1.31.